The molecule has 0 amide bonds. The Morgan fingerprint density at radius 3 is 2.57 bits per heavy atom. The van der Waals surface area contributed by atoms with Gasteiger partial charge < -0.3 is 10.6 Å². The minimum Gasteiger partial charge on any atom is -0.352 e. The number of thiazole rings is 1. The second kappa shape index (κ2) is 11.2. The van der Waals surface area contributed by atoms with Gasteiger partial charge in [0.25, 0.3) is 0 Å². The molecule has 0 atom stereocenters. The summed E-state index contributed by atoms with van der Waals surface area (Å²) in [7, 11) is 1.81. The van der Waals surface area contributed by atoms with Crippen molar-refractivity contribution in [2.24, 2.45) is 4.99 Å². The summed E-state index contributed by atoms with van der Waals surface area (Å²) in [4.78, 5) is 12.7. The van der Waals surface area contributed by atoms with E-state index in [1.54, 1.807) is 11.3 Å². The van der Waals surface area contributed by atoms with Gasteiger partial charge in [-0.1, -0.05) is 44.0 Å². The van der Waals surface area contributed by atoms with Crippen molar-refractivity contribution >= 4 is 17.3 Å². The van der Waals surface area contributed by atoms with E-state index in [0.29, 0.717) is 6.54 Å². The lowest BCUT2D eigenvalue weighted by atomic mass is 10.1. The van der Waals surface area contributed by atoms with Crippen LogP contribution in [0.4, 0.5) is 0 Å². The van der Waals surface area contributed by atoms with Gasteiger partial charge >= 0.3 is 0 Å². The first-order valence-electron chi connectivity index (χ1n) is 10.4. The molecule has 152 valence electrons. The van der Waals surface area contributed by atoms with E-state index in [-0.39, 0.29) is 0 Å². The van der Waals surface area contributed by atoms with Gasteiger partial charge in [0.2, 0.25) is 0 Å². The Bertz CT molecular complexity index is 747. The summed E-state index contributed by atoms with van der Waals surface area (Å²) in [6.45, 7) is 7.16. The molecule has 1 aromatic heterocycles. The molecule has 0 spiro atoms. The first kappa shape index (κ1) is 20.8. The van der Waals surface area contributed by atoms with Gasteiger partial charge in [-0.3, -0.25) is 9.89 Å². The Morgan fingerprint density at radius 2 is 1.86 bits per heavy atom. The van der Waals surface area contributed by atoms with Gasteiger partial charge in [-0.15, -0.1) is 11.3 Å². The molecule has 2 N–H and O–H groups in total. The van der Waals surface area contributed by atoms with E-state index >= 15 is 0 Å². The maximum Gasteiger partial charge on any atom is 0.191 e. The summed E-state index contributed by atoms with van der Waals surface area (Å²) in [5.74, 6) is 0.811. The van der Waals surface area contributed by atoms with Crippen LogP contribution in [0.2, 0.25) is 0 Å². The molecule has 6 heteroatoms. The van der Waals surface area contributed by atoms with Crippen LogP contribution >= 0.6 is 11.3 Å². The number of likely N-dealkylation sites (tertiary alicyclic amines) is 1. The summed E-state index contributed by atoms with van der Waals surface area (Å²) < 4.78 is 0. The van der Waals surface area contributed by atoms with Crippen molar-refractivity contribution in [1.82, 2.24) is 20.5 Å². The summed E-state index contributed by atoms with van der Waals surface area (Å²) in [6.07, 6.45) is 8.44. The number of rotatable bonds is 7. The van der Waals surface area contributed by atoms with Gasteiger partial charge in [-0.25, -0.2) is 4.98 Å². The molecular formula is C22H33N5S. The van der Waals surface area contributed by atoms with E-state index in [1.165, 1.54) is 54.8 Å². The second-order valence-electron chi connectivity index (χ2n) is 7.36. The molecule has 1 saturated heterocycles. The first-order valence-corrected chi connectivity index (χ1v) is 11.3. The third-order valence-electron chi connectivity index (χ3n) is 5.14. The highest BCUT2D eigenvalue weighted by Gasteiger charge is 2.10. The molecule has 0 radical (unpaired) electrons. The minimum absolute atomic E-state index is 0.708. The normalized spacial score (nSPS) is 16.0. The maximum absolute atomic E-state index is 4.45. The van der Waals surface area contributed by atoms with Crippen molar-refractivity contribution < 1.29 is 0 Å². The third-order valence-corrected chi connectivity index (χ3v) is 6.28. The lowest BCUT2D eigenvalue weighted by Gasteiger charge is -2.20. The molecular weight excluding hydrogens is 366 g/mol. The number of benzene rings is 1. The van der Waals surface area contributed by atoms with Crippen LogP contribution in [0.25, 0.3) is 0 Å². The van der Waals surface area contributed by atoms with Gasteiger partial charge in [-0.2, -0.15) is 0 Å². The molecule has 5 nitrogen and oxygen atoms in total. The summed E-state index contributed by atoms with van der Waals surface area (Å²) in [6, 6.07) is 8.91. The van der Waals surface area contributed by atoms with Gasteiger partial charge in [0.1, 0.15) is 5.01 Å². The Balaban J connectivity index is 1.48. The standard InChI is InChI=1S/C22H33N5S/c1-3-20-15-24-21(28-20)16-26-22(23-2)25-14-18-9-8-10-19(13-18)17-27-11-6-4-5-7-12-27/h8-10,13,15H,3-7,11-12,14,16-17H2,1-2H3,(H2,23,25,26). The number of nitrogens with one attached hydrogen (secondary N) is 2. The quantitative estimate of drug-likeness (QED) is 0.547. The highest BCUT2D eigenvalue weighted by atomic mass is 32.1. The number of aryl methyl sites for hydroxylation is 1. The van der Waals surface area contributed by atoms with E-state index in [4.69, 9.17) is 0 Å². The van der Waals surface area contributed by atoms with Crippen LogP contribution < -0.4 is 10.6 Å². The number of aromatic nitrogens is 1. The molecule has 0 aliphatic carbocycles. The average Bonchev–Trinajstić information content (AvgIpc) is 3.04. The van der Waals surface area contributed by atoms with Crippen molar-refractivity contribution in [3.8, 4) is 0 Å². The monoisotopic (exact) mass is 399 g/mol. The zero-order valence-electron chi connectivity index (χ0n) is 17.2. The van der Waals surface area contributed by atoms with E-state index in [0.717, 1.165) is 30.5 Å². The summed E-state index contributed by atoms with van der Waals surface area (Å²) >= 11 is 1.76. The van der Waals surface area contributed by atoms with Crippen molar-refractivity contribution in [2.45, 2.75) is 58.7 Å². The smallest absolute Gasteiger partial charge is 0.191 e. The van der Waals surface area contributed by atoms with E-state index in [1.807, 2.05) is 13.2 Å². The van der Waals surface area contributed by atoms with Gasteiger partial charge in [0.15, 0.2) is 5.96 Å². The fourth-order valence-electron chi connectivity index (χ4n) is 3.55. The Morgan fingerprint density at radius 1 is 1.11 bits per heavy atom. The molecule has 0 saturated carbocycles. The molecule has 3 rings (SSSR count). The predicted molar refractivity (Wildman–Crippen MR) is 119 cm³/mol. The highest BCUT2D eigenvalue weighted by Crippen LogP contribution is 2.15. The Kier molecular flexibility index (Phi) is 8.30. The lowest BCUT2D eigenvalue weighted by Crippen LogP contribution is -2.36. The number of guanidine groups is 1. The second-order valence-corrected chi connectivity index (χ2v) is 8.56. The molecule has 1 fully saturated rings. The number of nitrogens with zero attached hydrogens (tertiary/aromatic N) is 3. The molecule has 28 heavy (non-hydrogen) atoms. The van der Waals surface area contributed by atoms with Crippen LogP contribution in [0.15, 0.2) is 35.5 Å². The third kappa shape index (κ3) is 6.60. The van der Waals surface area contributed by atoms with E-state index in [9.17, 15) is 0 Å². The van der Waals surface area contributed by atoms with Crippen LogP contribution in [0, 0.1) is 0 Å². The molecule has 1 aromatic carbocycles. The van der Waals surface area contributed by atoms with Crippen LogP contribution in [0.3, 0.4) is 0 Å². The maximum atomic E-state index is 4.45. The molecule has 2 aromatic rings. The van der Waals surface area contributed by atoms with Crippen LogP contribution in [0.5, 0.6) is 0 Å². The zero-order valence-corrected chi connectivity index (χ0v) is 18.0. The summed E-state index contributed by atoms with van der Waals surface area (Å²) in [5.41, 5.74) is 2.69. The molecule has 1 aliphatic heterocycles. The first-order chi connectivity index (χ1) is 13.8. The van der Waals surface area contributed by atoms with Crippen LogP contribution in [-0.4, -0.2) is 36.0 Å². The van der Waals surface area contributed by atoms with Gasteiger partial charge in [0, 0.05) is 31.2 Å². The fraction of sp³-hybridized carbons (Fsp3) is 0.545. The highest BCUT2D eigenvalue weighted by molar-refractivity contribution is 7.11. The van der Waals surface area contributed by atoms with Crippen molar-refractivity contribution in [3.63, 3.8) is 0 Å². The largest absolute Gasteiger partial charge is 0.352 e. The Hall–Kier alpha value is -1.92. The predicted octanol–water partition coefficient (Wildman–Crippen LogP) is 3.95. The minimum atomic E-state index is 0.708. The number of aliphatic imine (C=N–C) groups is 1. The molecule has 1 aliphatic rings. The van der Waals surface area contributed by atoms with Gasteiger partial charge in [-0.05, 0) is 43.5 Å². The van der Waals surface area contributed by atoms with Crippen LogP contribution in [-0.2, 0) is 26.1 Å². The lowest BCUT2D eigenvalue weighted by molar-refractivity contribution is 0.277. The number of hydrogen-bond acceptors (Lipinski definition) is 4. The van der Waals surface area contributed by atoms with Crippen molar-refractivity contribution in [3.05, 3.63) is 51.5 Å². The summed E-state index contributed by atoms with van der Waals surface area (Å²) in [5, 5.41) is 7.88. The van der Waals surface area contributed by atoms with Gasteiger partial charge in [0.05, 0.1) is 6.54 Å². The fourth-order valence-corrected chi connectivity index (χ4v) is 4.35. The number of hydrogen-bond donors (Lipinski definition) is 2. The topological polar surface area (TPSA) is 52.6 Å². The Labute approximate surface area is 173 Å². The van der Waals surface area contributed by atoms with Crippen LogP contribution in [0.1, 0.15) is 53.6 Å². The average molecular weight is 400 g/mol. The zero-order chi connectivity index (χ0) is 19.6. The van der Waals surface area contributed by atoms with E-state index < -0.39 is 0 Å². The SMILES string of the molecule is CCc1cnc(CNC(=NC)NCc2cccc(CN3CCCCCC3)c2)s1. The molecule has 2 heterocycles. The molecule has 0 unspecified atom stereocenters. The van der Waals surface area contributed by atoms with Crippen molar-refractivity contribution in [1.29, 1.82) is 0 Å². The molecule has 0 bridgehead atoms. The van der Waals surface area contributed by atoms with Crippen molar-refractivity contribution in [2.75, 3.05) is 20.1 Å². The van der Waals surface area contributed by atoms with E-state index in [2.05, 4.69) is 56.7 Å².